The summed E-state index contributed by atoms with van der Waals surface area (Å²) in [5.41, 5.74) is 0.705. The van der Waals surface area contributed by atoms with Gasteiger partial charge in [0.05, 0.1) is 6.20 Å². The van der Waals surface area contributed by atoms with Gasteiger partial charge in [0.25, 0.3) is 5.91 Å². The van der Waals surface area contributed by atoms with Crippen molar-refractivity contribution in [2.24, 2.45) is 5.92 Å². The Morgan fingerprint density at radius 2 is 1.92 bits per heavy atom. The summed E-state index contributed by atoms with van der Waals surface area (Å²) < 4.78 is 18.6. The molecule has 0 saturated heterocycles. The van der Waals surface area contributed by atoms with Crippen molar-refractivity contribution in [2.45, 2.75) is 84.6 Å². The number of amides is 1. The minimum atomic E-state index is -1.26. The smallest absolute Gasteiger partial charge is 0.376 e. The van der Waals surface area contributed by atoms with Crippen molar-refractivity contribution in [1.82, 2.24) is 25.1 Å². The van der Waals surface area contributed by atoms with Crippen LogP contribution in [-0.4, -0.2) is 57.9 Å². The first-order valence-electron chi connectivity index (χ1n) is 13.4. The van der Waals surface area contributed by atoms with Crippen molar-refractivity contribution in [2.75, 3.05) is 6.61 Å². The molecule has 39 heavy (non-hydrogen) atoms. The predicted octanol–water partition coefficient (Wildman–Crippen LogP) is 5.40. The number of carbonyl (C=O) groups excluding carboxylic acids is 2. The zero-order valence-corrected chi connectivity index (χ0v) is 24.9. The molecule has 10 nitrogen and oxygen atoms in total. The maximum absolute atomic E-state index is 12.9. The van der Waals surface area contributed by atoms with E-state index in [0.29, 0.717) is 29.5 Å². The first-order valence-corrected chi connectivity index (χ1v) is 17.1. The molecule has 210 valence electrons. The Labute approximate surface area is 230 Å². The van der Waals surface area contributed by atoms with E-state index in [1.165, 1.54) is 6.20 Å². The molecule has 3 aromatic rings. The van der Waals surface area contributed by atoms with Gasteiger partial charge in [-0.05, 0) is 64.6 Å². The van der Waals surface area contributed by atoms with Crippen LogP contribution in [0.4, 0.5) is 0 Å². The first-order chi connectivity index (χ1) is 18.3. The molecule has 1 amide bonds. The summed E-state index contributed by atoms with van der Waals surface area (Å²) >= 11 is 0. The number of nitrogens with zero attached hydrogens (tertiary/aromatic N) is 4. The molecule has 1 atom stereocenters. The third-order valence-corrected chi connectivity index (χ3v) is 7.95. The van der Waals surface area contributed by atoms with E-state index in [0.717, 1.165) is 18.9 Å². The van der Waals surface area contributed by atoms with Crippen LogP contribution in [0.5, 0.6) is 0 Å². The second kappa shape index (κ2) is 11.4. The lowest BCUT2D eigenvalue weighted by Gasteiger charge is -2.18. The quantitative estimate of drug-likeness (QED) is 0.190. The molecular weight excluding hydrogens is 514 g/mol. The van der Waals surface area contributed by atoms with Crippen LogP contribution in [0.15, 0.2) is 34.9 Å². The molecule has 1 unspecified atom stereocenters. The summed E-state index contributed by atoms with van der Waals surface area (Å²) in [6.45, 7) is 15.0. The number of carbonyl (C=O) groups is 2. The third-order valence-electron chi connectivity index (χ3n) is 6.25. The number of ether oxygens (including phenoxy) is 2. The van der Waals surface area contributed by atoms with E-state index in [-0.39, 0.29) is 36.2 Å². The molecule has 1 saturated carbocycles. The fraction of sp³-hybridized carbons (Fsp3) is 0.536. The maximum atomic E-state index is 12.9. The lowest BCUT2D eigenvalue weighted by Crippen LogP contribution is -2.34. The molecule has 0 bridgehead atoms. The van der Waals surface area contributed by atoms with Crippen molar-refractivity contribution >= 4 is 20.0 Å². The fourth-order valence-corrected chi connectivity index (χ4v) is 4.63. The van der Waals surface area contributed by atoms with Crippen LogP contribution < -0.4 is 5.32 Å². The zero-order chi connectivity index (χ0) is 28.4. The molecule has 0 spiro atoms. The molecule has 2 heterocycles. The van der Waals surface area contributed by atoms with E-state index in [1.807, 2.05) is 31.2 Å². The van der Waals surface area contributed by atoms with Crippen LogP contribution >= 0.6 is 0 Å². The van der Waals surface area contributed by atoms with Crippen molar-refractivity contribution in [3.8, 4) is 22.8 Å². The zero-order valence-electron chi connectivity index (χ0n) is 23.9. The third kappa shape index (κ3) is 8.09. The molecular formula is C28H39N5O5Si. The van der Waals surface area contributed by atoms with Crippen molar-refractivity contribution in [1.29, 1.82) is 0 Å². The van der Waals surface area contributed by atoms with Crippen LogP contribution in [-0.2, 0) is 16.2 Å². The number of aromatic nitrogens is 4. The number of hydrogen-bond donors (Lipinski definition) is 1. The molecule has 0 radical (unpaired) electrons. The molecule has 4 rings (SSSR count). The summed E-state index contributed by atoms with van der Waals surface area (Å²) in [6.07, 6.45) is 3.61. The summed E-state index contributed by atoms with van der Waals surface area (Å²) in [4.78, 5) is 34.2. The van der Waals surface area contributed by atoms with Gasteiger partial charge in [-0.3, -0.25) is 4.79 Å². The van der Waals surface area contributed by atoms with Crippen molar-refractivity contribution in [3.63, 3.8) is 0 Å². The van der Waals surface area contributed by atoms with E-state index in [1.54, 1.807) is 25.5 Å². The molecule has 0 aliphatic heterocycles. The van der Waals surface area contributed by atoms with Gasteiger partial charge in [0.1, 0.15) is 12.3 Å². The van der Waals surface area contributed by atoms with Crippen LogP contribution in [0.25, 0.3) is 22.8 Å². The van der Waals surface area contributed by atoms with E-state index >= 15 is 0 Å². The molecule has 2 aromatic heterocycles. The Hall–Kier alpha value is -3.31. The number of rotatable bonds is 11. The average Bonchev–Trinajstić information content (AvgIpc) is 3.42. The van der Waals surface area contributed by atoms with Gasteiger partial charge in [0.15, 0.2) is 5.82 Å². The van der Waals surface area contributed by atoms with Gasteiger partial charge in [-0.15, -0.1) is 5.10 Å². The highest BCUT2D eigenvalue weighted by molar-refractivity contribution is 6.76. The Balaban J connectivity index is 1.58. The van der Waals surface area contributed by atoms with Crippen LogP contribution in [0.1, 0.15) is 61.7 Å². The molecule has 1 aliphatic carbocycles. The number of esters is 1. The number of oxazole rings is 1. The Kier molecular flexibility index (Phi) is 8.41. The maximum Gasteiger partial charge on any atom is 0.376 e. The highest BCUT2D eigenvalue weighted by Gasteiger charge is 2.30. The van der Waals surface area contributed by atoms with E-state index in [9.17, 15) is 9.59 Å². The van der Waals surface area contributed by atoms with Gasteiger partial charge in [-0.2, -0.15) is 0 Å². The summed E-state index contributed by atoms with van der Waals surface area (Å²) in [6, 6.07) is 8.46. The largest absolute Gasteiger partial charge is 0.454 e. The first kappa shape index (κ1) is 28.7. The van der Waals surface area contributed by atoms with Gasteiger partial charge >= 0.3 is 5.97 Å². The summed E-state index contributed by atoms with van der Waals surface area (Å²) in [5, 5.41) is 7.52. The summed E-state index contributed by atoms with van der Waals surface area (Å²) in [7, 11) is -1.26. The highest BCUT2D eigenvalue weighted by atomic mass is 28.3. The van der Waals surface area contributed by atoms with Gasteiger partial charge in [0.2, 0.25) is 17.5 Å². The Bertz CT molecular complexity index is 1320. The monoisotopic (exact) mass is 553 g/mol. The second-order valence-corrected chi connectivity index (χ2v) is 17.9. The fourth-order valence-electron chi connectivity index (χ4n) is 3.88. The van der Waals surface area contributed by atoms with E-state index in [4.69, 9.17) is 13.9 Å². The Morgan fingerprint density at radius 1 is 1.21 bits per heavy atom. The second-order valence-electron chi connectivity index (χ2n) is 12.3. The van der Waals surface area contributed by atoms with E-state index in [2.05, 4.69) is 40.0 Å². The number of nitrogens with one attached hydrogen (secondary N) is 1. The van der Waals surface area contributed by atoms with Crippen LogP contribution in [0, 0.1) is 5.92 Å². The number of hydrogen-bond acceptors (Lipinski definition) is 8. The molecule has 1 fully saturated rings. The lowest BCUT2D eigenvalue weighted by molar-refractivity contribution is 0.00367. The van der Waals surface area contributed by atoms with Gasteiger partial charge < -0.3 is 19.2 Å². The molecule has 1 aromatic carbocycles. The van der Waals surface area contributed by atoms with Crippen molar-refractivity contribution in [3.05, 3.63) is 42.0 Å². The lowest BCUT2D eigenvalue weighted by atomic mass is 10.1. The predicted molar refractivity (Wildman–Crippen MR) is 150 cm³/mol. The summed E-state index contributed by atoms with van der Waals surface area (Å²) in [5.74, 6) is 0.516. The highest BCUT2D eigenvalue weighted by Crippen LogP contribution is 2.32. The normalized spacial score (nSPS) is 14.7. The minimum absolute atomic E-state index is 0.0213. The number of benzene rings is 1. The van der Waals surface area contributed by atoms with Crippen molar-refractivity contribution < 1.29 is 23.5 Å². The molecule has 11 heteroatoms. The molecule has 1 aliphatic rings. The van der Waals surface area contributed by atoms with E-state index < -0.39 is 19.6 Å². The minimum Gasteiger partial charge on any atom is -0.454 e. The van der Waals surface area contributed by atoms with Gasteiger partial charge in [0, 0.05) is 31.8 Å². The molecule has 1 N–H and O–H groups in total. The Morgan fingerprint density at radius 3 is 2.59 bits per heavy atom. The topological polar surface area (TPSA) is 121 Å². The van der Waals surface area contributed by atoms with Gasteiger partial charge in [-0.25, -0.2) is 19.4 Å². The average molecular weight is 554 g/mol. The standard InChI is InChI=1S/C28H39N5O5Si/c1-18(19-11-12-19)30-25(34)23-31-24(33(32-23)17-36-13-14-39(5,6)7)20-9-8-10-21(15-20)26-29-16-22(37-26)27(35)38-28(2,3)4/h8-10,15-16,18-19H,11-14,17H2,1-7H3,(H,30,34). The van der Waals surface area contributed by atoms with Crippen LogP contribution in [0.3, 0.4) is 0 Å². The van der Waals surface area contributed by atoms with Crippen LogP contribution in [0.2, 0.25) is 25.7 Å². The van der Waals surface area contributed by atoms with Gasteiger partial charge in [-0.1, -0.05) is 31.8 Å². The SMILES string of the molecule is CC(NC(=O)c1nc(-c2cccc(-c3ncc(C(=O)OC(C)(C)C)o3)c2)n(COCC[Si](C)(C)C)n1)C1CC1.